The van der Waals surface area contributed by atoms with Gasteiger partial charge in [-0.1, -0.05) is 66.7 Å². The molecule has 6 rings (SSSR count). The summed E-state index contributed by atoms with van der Waals surface area (Å²) in [5.74, 6) is -0.876. The lowest BCUT2D eigenvalue weighted by molar-refractivity contribution is 0.0194. The van der Waals surface area contributed by atoms with Gasteiger partial charge in [0, 0.05) is 24.1 Å². The number of aliphatic hydroxyl groups is 1. The molecule has 0 saturated heterocycles. The molecule has 0 saturated carbocycles. The standard InChI is InChI=1S/C36H26O8/c37-30-22-29-31(43-33(30)23-16-18-27(19-17-23)41-34(38)24-10-4-1-5-11-24)20-28(42-35(39)25-12-6-2-7-13-25)21-32(29)44-36(40)26-14-8-3-9-15-26/h1-21,30,33,37H,22H2/t30-,33+/m0/s1. The van der Waals surface area contributed by atoms with E-state index < -0.39 is 30.1 Å². The van der Waals surface area contributed by atoms with Gasteiger partial charge in [0.05, 0.1) is 22.8 Å². The van der Waals surface area contributed by atoms with Crippen LogP contribution in [-0.4, -0.2) is 29.1 Å². The molecule has 0 aromatic heterocycles. The predicted octanol–water partition coefficient (Wildman–Crippen LogP) is 6.38. The van der Waals surface area contributed by atoms with Crippen LogP contribution in [0.5, 0.6) is 23.0 Å². The second kappa shape index (κ2) is 12.6. The minimum Gasteiger partial charge on any atom is -0.482 e. The second-order valence-electron chi connectivity index (χ2n) is 10.0. The fourth-order valence-electron chi connectivity index (χ4n) is 4.81. The molecule has 0 unspecified atom stereocenters. The Morgan fingerprint density at radius 3 is 1.59 bits per heavy atom. The first-order valence-electron chi connectivity index (χ1n) is 13.9. The van der Waals surface area contributed by atoms with Crippen LogP contribution in [0.4, 0.5) is 0 Å². The average Bonchev–Trinajstić information content (AvgIpc) is 3.06. The Hall–Kier alpha value is -5.73. The van der Waals surface area contributed by atoms with Gasteiger partial charge in [-0.15, -0.1) is 0 Å². The molecule has 1 aliphatic heterocycles. The van der Waals surface area contributed by atoms with Crippen molar-refractivity contribution in [1.82, 2.24) is 0 Å². The highest BCUT2D eigenvalue weighted by atomic mass is 16.6. The third-order valence-corrected chi connectivity index (χ3v) is 7.02. The van der Waals surface area contributed by atoms with Crippen LogP contribution >= 0.6 is 0 Å². The highest BCUT2D eigenvalue weighted by molar-refractivity contribution is 5.92. The number of benzene rings is 5. The van der Waals surface area contributed by atoms with E-state index >= 15 is 0 Å². The number of hydrogen-bond donors (Lipinski definition) is 1. The quantitative estimate of drug-likeness (QED) is 0.173. The largest absolute Gasteiger partial charge is 0.482 e. The van der Waals surface area contributed by atoms with Crippen molar-refractivity contribution in [3.8, 4) is 23.0 Å². The van der Waals surface area contributed by atoms with Crippen LogP contribution < -0.4 is 18.9 Å². The molecule has 44 heavy (non-hydrogen) atoms. The molecule has 0 spiro atoms. The van der Waals surface area contributed by atoms with E-state index in [2.05, 4.69) is 0 Å². The first-order valence-corrected chi connectivity index (χ1v) is 13.9. The molecule has 1 N–H and O–H groups in total. The van der Waals surface area contributed by atoms with Gasteiger partial charge in [0.25, 0.3) is 0 Å². The summed E-state index contributed by atoms with van der Waals surface area (Å²) in [6.07, 6.45) is -1.72. The van der Waals surface area contributed by atoms with Crippen molar-refractivity contribution < 1.29 is 38.4 Å². The van der Waals surface area contributed by atoms with Gasteiger partial charge < -0.3 is 24.1 Å². The summed E-state index contributed by atoms with van der Waals surface area (Å²) < 4.78 is 23.1. The van der Waals surface area contributed by atoms with Gasteiger partial charge in [-0.3, -0.25) is 0 Å². The molecule has 0 fully saturated rings. The van der Waals surface area contributed by atoms with Crippen LogP contribution in [0.2, 0.25) is 0 Å². The van der Waals surface area contributed by atoms with Crippen LogP contribution in [-0.2, 0) is 6.42 Å². The van der Waals surface area contributed by atoms with Crippen molar-refractivity contribution in [3.63, 3.8) is 0 Å². The molecule has 8 nitrogen and oxygen atoms in total. The molecule has 1 heterocycles. The summed E-state index contributed by atoms with van der Waals surface area (Å²) in [5.41, 5.74) is 2.17. The number of carbonyl (C=O) groups is 3. The molecule has 218 valence electrons. The normalized spacial score (nSPS) is 15.3. The van der Waals surface area contributed by atoms with E-state index in [1.807, 2.05) is 6.07 Å². The summed E-state index contributed by atoms with van der Waals surface area (Å²) in [6.45, 7) is 0. The first-order chi connectivity index (χ1) is 21.4. The Morgan fingerprint density at radius 2 is 1.07 bits per heavy atom. The zero-order chi connectivity index (χ0) is 30.5. The van der Waals surface area contributed by atoms with Crippen molar-refractivity contribution in [2.75, 3.05) is 0 Å². The lowest BCUT2D eigenvalue weighted by Crippen LogP contribution is -2.31. The van der Waals surface area contributed by atoms with Gasteiger partial charge in [0.15, 0.2) is 0 Å². The van der Waals surface area contributed by atoms with Crippen molar-refractivity contribution in [1.29, 1.82) is 0 Å². The number of aliphatic hydroxyl groups excluding tert-OH is 1. The van der Waals surface area contributed by atoms with E-state index in [1.54, 1.807) is 109 Å². The second-order valence-corrected chi connectivity index (χ2v) is 10.0. The molecule has 8 heteroatoms. The predicted molar refractivity (Wildman–Crippen MR) is 160 cm³/mol. The Labute approximate surface area is 253 Å². The van der Waals surface area contributed by atoms with Crippen LogP contribution in [0.25, 0.3) is 0 Å². The van der Waals surface area contributed by atoms with E-state index in [4.69, 9.17) is 18.9 Å². The Bertz CT molecular complexity index is 1790. The summed E-state index contributed by atoms with van der Waals surface area (Å²) >= 11 is 0. The molecule has 0 bridgehead atoms. The SMILES string of the molecule is O=C(Oc1ccc([C@H]2Oc3cc(OC(=O)c4ccccc4)cc(OC(=O)c4ccccc4)c3C[C@@H]2O)cc1)c1ccccc1. The molecular formula is C36H26O8. The van der Waals surface area contributed by atoms with E-state index in [9.17, 15) is 19.5 Å². The summed E-state index contributed by atoms with van der Waals surface area (Å²) in [4.78, 5) is 38.2. The van der Waals surface area contributed by atoms with Crippen LogP contribution in [0.15, 0.2) is 127 Å². The number of esters is 3. The van der Waals surface area contributed by atoms with Crippen molar-refractivity contribution >= 4 is 17.9 Å². The number of fused-ring (bicyclic) bond motifs is 1. The Kier molecular flexibility index (Phi) is 8.16. The van der Waals surface area contributed by atoms with E-state index in [1.165, 1.54) is 12.1 Å². The summed E-state index contributed by atoms with van der Waals surface area (Å²) in [5, 5.41) is 11.1. The van der Waals surface area contributed by atoms with Gasteiger partial charge in [0.1, 0.15) is 29.1 Å². The van der Waals surface area contributed by atoms with E-state index in [0.29, 0.717) is 33.6 Å². The van der Waals surface area contributed by atoms with Crippen molar-refractivity contribution in [2.45, 2.75) is 18.6 Å². The van der Waals surface area contributed by atoms with Crippen molar-refractivity contribution in [2.24, 2.45) is 0 Å². The zero-order valence-corrected chi connectivity index (χ0v) is 23.3. The molecular weight excluding hydrogens is 560 g/mol. The summed E-state index contributed by atoms with van der Waals surface area (Å²) in [6, 6.07) is 35.2. The van der Waals surface area contributed by atoms with Crippen molar-refractivity contribution in [3.05, 3.63) is 155 Å². The molecule has 0 aliphatic carbocycles. The maximum absolute atomic E-state index is 13.0. The zero-order valence-electron chi connectivity index (χ0n) is 23.3. The first kappa shape index (κ1) is 28.4. The Morgan fingerprint density at radius 1 is 0.591 bits per heavy atom. The fourth-order valence-corrected chi connectivity index (χ4v) is 4.81. The fraction of sp³-hybridized carbons (Fsp3) is 0.0833. The minimum atomic E-state index is -1.01. The number of hydrogen-bond acceptors (Lipinski definition) is 8. The molecule has 5 aromatic rings. The average molecular weight is 587 g/mol. The maximum atomic E-state index is 13.0. The highest BCUT2D eigenvalue weighted by Crippen LogP contribution is 2.43. The van der Waals surface area contributed by atoms with Gasteiger partial charge in [-0.2, -0.15) is 0 Å². The Balaban J connectivity index is 1.27. The van der Waals surface area contributed by atoms with Gasteiger partial charge >= 0.3 is 17.9 Å². The maximum Gasteiger partial charge on any atom is 0.343 e. The number of rotatable bonds is 7. The van der Waals surface area contributed by atoms with Crippen LogP contribution in [0, 0.1) is 0 Å². The summed E-state index contributed by atoms with van der Waals surface area (Å²) in [7, 11) is 0. The lowest BCUT2D eigenvalue weighted by atomic mass is 9.94. The topological polar surface area (TPSA) is 108 Å². The third-order valence-electron chi connectivity index (χ3n) is 7.02. The van der Waals surface area contributed by atoms with Gasteiger partial charge in [-0.25, -0.2) is 14.4 Å². The third kappa shape index (κ3) is 6.35. The van der Waals surface area contributed by atoms with Gasteiger partial charge in [0.2, 0.25) is 0 Å². The van der Waals surface area contributed by atoms with Gasteiger partial charge in [-0.05, 0) is 54.1 Å². The monoisotopic (exact) mass is 586 g/mol. The minimum absolute atomic E-state index is 0.0923. The van der Waals surface area contributed by atoms with E-state index in [-0.39, 0.29) is 23.7 Å². The van der Waals surface area contributed by atoms with Crippen LogP contribution in [0.1, 0.15) is 48.3 Å². The smallest absolute Gasteiger partial charge is 0.343 e. The number of carbonyl (C=O) groups excluding carboxylic acids is 3. The molecule has 1 aliphatic rings. The molecule has 0 radical (unpaired) electrons. The highest BCUT2D eigenvalue weighted by Gasteiger charge is 2.33. The molecule has 0 amide bonds. The molecule has 5 aromatic carbocycles. The molecule has 2 atom stereocenters. The number of ether oxygens (including phenoxy) is 4. The van der Waals surface area contributed by atoms with E-state index in [0.717, 1.165) is 0 Å². The van der Waals surface area contributed by atoms with Crippen LogP contribution in [0.3, 0.4) is 0 Å². The lowest BCUT2D eigenvalue weighted by Gasteiger charge is -2.32.